The van der Waals surface area contributed by atoms with E-state index in [0.29, 0.717) is 6.10 Å². The molecule has 4 nitrogen and oxygen atoms in total. The normalized spacial score (nSPS) is 28.8. The maximum Gasteiger partial charge on any atom is 0.0826 e. The molecule has 2 heterocycles. The fourth-order valence-electron chi connectivity index (χ4n) is 2.88. The average Bonchev–Trinajstić information content (AvgIpc) is 2.40. The van der Waals surface area contributed by atoms with Gasteiger partial charge in [0, 0.05) is 25.7 Å². The van der Waals surface area contributed by atoms with Crippen LogP contribution in [0.5, 0.6) is 0 Å². The summed E-state index contributed by atoms with van der Waals surface area (Å²) in [5.41, 5.74) is 0. The summed E-state index contributed by atoms with van der Waals surface area (Å²) in [5.74, 6) is 0. The fourth-order valence-corrected chi connectivity index (χ4v) is 2.88. The largest absolute Gasteiger partial charge is 0.374 e. The Morgan fingerprint density at radius 2 is 2.12 bits per heavy atom. The van der Waals surface area contributed by atoms with Crippen molar-refractivity contribution in [1.82, 2.24) is 15.1 Å². The number of likely N-dealkylation sites (N-methyl/N-ethyl adjacent to an activating group) is 1. The fraction of sp³-hybridized carbons (Fsp3) is 1.00. The van der Waals surface area contributed by atoms with Crippen molar-refractivity contribution in [2.24, 2.45) is 0 Å². The average molecular weight is 241 g/mol. The smallest absolute Gasteiger partial charge is 0.0826 e. The number of rotatable bonds is 4. The first-order valence-corrected chi connectivity index (χ1v) is 7.04. The van der Waals surface area contributed by atoms with E-state index in [0.717, 1.165) is 32.3 Å². The van der Waals surface area contributed by atoms with E-state index in [2.05, 4.69) is 29.1 Å². The number of ether oxygens (including phenoxy) is 1. The maximum absolute atomic E-state index is 5.77. The molecule has 2 rings (SSSR count). The van der Waals surface area contributed by atoms with Crippen LogP contribution in [0.15, 0.2) is 0 Å². The van der Waals surface area contributed by atoms with Gasteiger partial charge in [-0.15, -0.1) is 0 Å². The van der Waals surface area contributed by atoms with Crippen molar-refractivity contribution >= 4 is 0 Å². The molecular weight excluding hydrogens is 214 g/mol. The molecule has 2 fully saturated rings. The van der Waals surface area contributed by atoms with E-state index in [1.807, 2.05) is 0 Å². The van der Waals surface area contributed by atoms with Gasteiger partial charge in [-0.2, -0.15) is 0 Å². The number of morpholine rings is 1. The molecule has 4 heteroatoms. The number of nitrogens with one attached hydrogen (secondary N) is 1. The Balaban J connectivity index is 1.70. The third kappa shape index (κ3) is 3.91. The summed E-state index contributed by atoms with van der Waals surface area (Å²) in [6.45, 7) is 9.94. The van der Waals surface area contributed by atoms with Crippen molar-refractivity contribution in [2.75, 3.05) is 52.9 Å². The molecule has 2 saturated heterocycles. The van der Waals surface area contributed by atoms with Crippen LogP contribution in [-0.2, 0) is 4.74 Å². The SMILES string of the molecule is CCN1CCC(N(C)CC2CNCCO2)CC1. The van der Waals surface area contributed by atoms with E-state index in [1.54, 1.807) is 0 Å². The van der Waals surface area contributed by atoms with Gasteiger partial charge in [0.25, 0.3) is 0 Å². The van der Waals surface area contributed by atoms with E-state index < -0.39 is 0 Å². The standard InChI is InChI=1S/C13H27N3O/c1-3-16-7-4-12(5-8-16)15(2)11-13-10-14-6-9-17-13/h12-14H,3-11H2,1-2H3. The summed E-state index contributed by atoms with van der Waals surface area (Å²) in [6.07, 6.45) is 3.01. The highest BCUT2D eigenvalue weighted by atomic mass is 16.5. The molecule has 0 aromatic carbocycles. The molecule has 0 aromatic rings. The second-order valence-electron chi connectivity index (χ2n) is 5.30. The van der Waals surface area contributed by atoms with Crippen molar-refractivity contribution in [3.05, 3.63) is 0 Å². The lowest BCUT2D eigenvalue weighted by Crippen LogP contribution is -2.49. The van der Waals surface area contributed by atoms with Gasteiger partial charge in [-0.25, -0.2) is 0 Å². The third-order valence-corrected chi connectivity index (χ3v) is 4.12. The first-order valence-electron chi connectivity index (χ1n) is 7.04. The molecule has 100 valence electrons. The Morgan fingerprint density at radius 1 is 1.35 bits per heavy atom. The molecule has 1 atom stereocenters. The predicted molar refractivity (Wildman–Crippen MR) is 70.4 cm³/mol. The van der Waals surface area contributed by atoms with Crippen molar-refractivity contribution in [1.29, 1.82) is 0 Å². The Bertz CT molecular complexity index is 211. The van der Waals surface area contributed by atoms with Gasteiger partial charge in [0.05, 0.1) is 12.7 Å². The van der Waals surface area contributed by atoms with Crippen LogP contribution < -0.4 is 5.32 Å². The maximum atomic E-state index is 5.77. The van der Waals surface area contributed by atoms with Crippen molar-refractivity contribution in [3.8, 4) is 0 Å². The van der Waals surface area contributed by atoms with Crippen LogP contribution in [0.2, 0.25) is 0 Å². The van der Waals surface area contributed by atoms with E-state index >= 15 is 0 Å². The molecule has 2 aliphatic rings. The van der Waals surface area contributed by atoms with Gasteiger partial charge in [0.15, 0.2) is 0 Å². The molecule has 17 heavy (non-hydrogen) atoms. The van der Waals surface area contributed by atoms with Crippen LogP contribution in [0.4, 0.5) is 0 Å². The van der Waals surface area contributed by atoms with E-state index in [-0.39, 0.29) is 0 Å². The minimum atomic E-state index is 0.387. The molecular formula is C13H27N3O. The summed E-state index contributed by atoms with van der Waals surface area (Å²) in [6, 6.07) is 0.753. The van der Waals surface area contributed by atoms with Crippen LogP contribution >= 0.6 is 0 Å². The highest BCUT2D eigenvalue weighted by Crippen LogP contribution is 2.15. The van der Waals surface area contributed by atoms with Gasteiger partial charge in [0.2, 0.25) is 0 Å². The first kappa shape index (κ1) is 13.3. The first-order chi connectivity index (χ1) is 8.29. The van der Waals surface area contributed by atoms with E-state index in [4.69, 9.17) is 4.74 Å². The molecule has 0 saturated carbocycles. The van der Waals surface area contributed by atoms with Crippen molar-refractivity contribution < 1.29 is 4.74 Å². The lowest BCUT2D eigenvalue weighted by atomic mass is 10.0. The number of nitrogens with zero attached hydrogens (tertiary/aromatic N) is 2. The Labute approximate surface area is 105 Å². The van der Waals surface area contributed by atoms with Crippen LogP contribution in [0.25, 0.3) is 0 Å². The molecule has 0 amide bonds. The molecule has 0 aliphatic carbocycles. The molecule has 0 radical (unpaired) electrons. The molecule has 1 unspecified atom stereocenters. The van der Waals surface area contributed by atoms with E-state index in [1.165, 1.54) is 32.5 Å². The number of piperidine rings is 1. The van der Waals surface area contributed by atoms with Gasteiger partial charge in [-0.05, 0) is 39.5 Å². The Kier molecular flexibility index (Phi) is 5.22. The second kappa shape index (κ2) is 6.69. The monoisotopic (exact) mass is 241 g/mol. The minimum absolute atomic E-state index is 0.387. The number of likely N-dealkylation sites (tertiary alicyclic amines) is 1. The van der Waals surface area contributed by atoms with Gasteiger partial charge in [-0.1, -0.05) is 6.92 Å². The number of hydrogen-bond donors (Lipinski definition) is 1. The lowest BCUT2D eigenvalue weighted by molar-refractivity contribution is -0.00310. The zero-order valence-corrected chi connectivity index (χ0v) is 11.3. The quantitative estimate of drug-likeness (QED) is 0.771. The van der Waals surface area contributed by atoms with Crippen LogP contribution in [0, 0.1) is 0 Å². The molecule has 0 spiro atoms. The zero-order valence-electron chi connectivity index (χ0n) is 11.3. The van der Waals surface area contributed by atoms with Gasteiger partial charge in [-0.3, -0.25) is 0 Å². The summed E-state index contributed by atoms with van der Waals surface area (Å²) in [7, 11) is 2.25. The van der Waals surface area contributed by atoms with Crippen LogP contribution in [-0.4, -0.2) is 74.9 Å². The van der Waals surface area contributed by atoms with Crippen molar-refractivity contribution in [3.63, 3.8) is 0 Å². The topological polar surface area (TPSA) is 27.7 Å². The third-order valence-electron chi connectivity index (χ3n) is 4.12. The molecule has 2 aliphatic heterocycles. The second-order valence-corrected chi connectivity index (χ2v) is 5.30. The summed E-state index contributed by atoms with van der Waals surface area (Å²) < 4.78 is 5.77. The molecule has 1 N–H and O–H groups in total. The summed E-state index contributed by atoms with van der Waals surface area (Å²) >= 11 is 0. The molecule has 0 aromatic heterocycles. The predicted octanol–water partition coefficient (Wildman–Crippen LogP) is 0.391. The highest BCUT2D eigenvalue weighted by molar-refractivity contribution is 4.80. The highest BCUT2D eigenvalue weighted by Gasteiger charge is 2.24. The van der Waals surface area contributed by atoms with Gasteiger partial charge >= 0.3 is 0 Å². The lowest BCUT2D eigenvalue weighted by Gasteiger charge is -2.38. The van der Waals surface area contributed by atoms with E-state index in [9.17, 15) is 0 Å². The van der Waals surface area contributed by atoms with Gasteiger partial charge in [0.1, 0.15) is 0 Å². The number of hydrogen-bond acceptors (Lipinski definition) is 4. The van der Waals surface area contributed by atoms with Crippen molar-refractivity contribution in [2.45, 2.75) is 31.9 Å². The van der Waals surface area contributed by atoms with Crippen LogP contribution in [0.3, 0.4) is 0 Å². The summed E-state index contributed by atoms with van der Waals surface area (Å²) in [4.78, 5) is 5.05. The van der Waals surface area contributed by atoms with Gasteiger partial charge < -0.3 is 19.9 Å². The molecule has 0 bridgehead atoms. The van der Waals surface area contributed by atoms with Crippen LogP contribution in [0.1, 0.15) is 19.8 Å². The summed E-state index contributed by atoms with van der Waals surface area (Å²) in [5, 5.41) is 3.40. The zero-order chi connectivity index (χ0) is 12.1. The Morgan fingerprint density at radius 3 is 2.71 bits per heavy atom. The minimum Gasteiger partial charge on any atom is -0.374 e. The Hall–Kier alpha value is -0.160.